The van der Waals surface area contributed by atoms with Gasteiger partial charge >= 0.3 is 0 Å². The van der Waals surface area contributed by atoms with Crippen LogP contribution in [0, 0.1) is 11.3 Å². The highest BCUT2D eigenvalue weighted by Crippen LogP contribution is 2.32. The first-order chi connectivity index (χ1) is 8.86. The van der Waals surface area contributed by atoms with Crippen LogP contribution < -0.4 is 0 Å². The van der Waals surface area contributed by atoms with Gasteiger partial charge in [0.1, 0.15) is 11.6 Å². The maximum Gasteiger partial charge on any atom is 0.151 e. The van der Waals surface area contributed by atoms with E-state index >= 15 is 0 Å². The van der Waals surface area contributed by atoms with Crippen LogP contribution in [-0.4, -0.2) is 9.78 Å². The summed E-state index contributed by atoms with van der Waals surface area (Å²) in [5, 5.41) is 14.2. The average Bonchev–Trinajstić information content (AvgIpc) is 2.67. The summed E-state index contributed by atoms with van der Waals surface area (Å²) >= 11 is 9.77. The first-order valence-corrected chi connectivity index (χ1v) is 6.97. The van der Waals surface area contributed by atoms with E-state index in [-0.39, 0.29) is 5.41 Å². The van der Waals surface area contributed by atoms with E-state index in [2.05, 4.69) is 27.1 Å². The van der Waals surface area contributed by atoms with Crippen molar-refractivity contribution in [3.63, 3.8) is 0 Å². The number of hydrogen-bond acceptors (Lipinski definition) is 2. The SMILES string of the molecule is CC(C)(C)c1nn(-c2ccccc2Br)c(Cl)c1C#N. The lowest BCUT2D eigenvalue weighted by atomic mass is 9.90. The Morgan fingerprint density at radius 3 is 2.42 bits per heavy atom. The zero-order valence-corrected chi connectivity index (χ0v) is 13.2. The molecule has 1 heterocycles. The fourth-order valence-electron chi connectivity index (χ4n) is 1.80. The molecule has 0 fully saturated rings. The molecule has 0 aliphatic heterocycles. The summed E-state index contributed by atoms with van der Waals surface area (Å²) in [5.74, 6) is 0. The van der Waals surface area contributed by atoms with Crippen LogP contribution in [0.3, 0.4) is 0 Å². The minimum Gasteiger partial charge on any atom is -0.219 e. The monoisotopic (exact) mass is 337 g/mol. The van der Waals surface area contributed by atoms with Crippen molar-refractivity contribution in [1.82, 2.24) is 9.78 Å². The predicted octanol–water partition coefficient (Wildman–Crippen LogP) is 4.46. The van der Waals surface area contributed by atoms with Gasteiger partial charge in [-0.25, -0.2) is 4.68 Å². The first kappa shape index (κ1) is 14.1. The van der Waals surface area contributed by atoms with Gasteiger partial charge in [0.05, 0.1) is 11.4 Å². The van der Waals surface area contributed by atoms with E-state index < -0.39 is 0 Å². The topological polar surface area (TPSA) is 41.6 Å². The predicted molar refractivity (Wildman–Crippen MR) is 79.7 cm³/mol. The lowest BCUT2D eigenvalue weighted by Crippen LogP contribution is -2.14. The van der Waals surface area contributed by atoms with E-state index in [4.69, 9.17) is 11.6 Å². The zero-order chi connectivity index (χ0) is 14.2. The Kier molecular flexibility index (Phi) is 3.71. The second-order valence-corrected chi connectivity index (χ2v) is 6.45. The maximum absolute atomic E-state index is 9.29. The Hall–Kier alpha value is -1.31. The summed E-state index contributed by atoms with van der Waals surface area (Å²) < 4.78 is 2.48. The molecule has 0 bridgehead atoms. The quantitative estimate of drug-likeness (QED) is 0.770. The third-order valence-electron chi connectivity index (χ3n) is 2.73. The van der Waals surface area contributed by atoms with Gasteiger partial charge in [0.2, 0.25) is 0 Å². The second kappa shape index (κ2) is 4.99. The van der Waals surface area contributed by atoms with Crippen LogP contribution in [0.2, 0.25) is 5.15 Å². The van der Waals surface area contributed by atoms with Crippen LogP contribution in [0.15, 0.2) is 28.7 Å². The molecule has 1 aromatic heterocycles. The molecule has 0 saturated carbocycles. The molecular formula is C14H13BrClN3. The van der Waals surface area contributed by atoms with E-state index in [0.29, 0.717) is 16.4 Å². The average molecular weight is 339 g/mol. The molecule has 2 aromatic rings. The van der Waals surface area contributed by atoms with Crippen molar-refractivity contribution in [2.24, 2.45) is 0 Å². The van der Waals surface area contributed by atoms with Crippen LogP contribution in [0.25, 0.3) is 5.69 Å². The molecular weight excluding hydrogens is 326 g/mol. The van der Waals surface area contributed by atoms with Crippen LogP contribution in [0.4, 0.5) is 0 Å². The minimum absolute atomic E-state index is 0.235. The van der Waals surface area contributed by atoms with Crippen molar-refractivity contribution in [2.45, 2.75) is 26.2 Å². The Morgan fingerprint density at radius 2 is 1.95 bits per heavy atom. The van der Waals surface area contributed by atoms with Gasteiger partial charge in [0.15, 0.2) is 5.15 Å². The molecule has 0 amide bonds. The molecule has 3 nitrogen and oxygen atoms in total. The summed E-state index contributed by atoms with van der Waals surface area (Å²) in [4.78, 5) is 0. The number of rotatable bonds is 1. The fraction of sp³-hybridized carbons (Fsp3) is 0.286. The summed E-state index contributed by atoms with van der Waals surface area (Å²) in [7, 11) is 0. The lowest BCUT2D eigenvalue weighted by Gasteiger charge is -2.15. The third-order valence-corrected chi connectivity index (χ3v) is 3.75. The number of hydrogen-bond donors (Lipinski definition) is 0. The molecule has 0 radical (unpaired) electrons. The van der Waals surface area contributed by atoms with E-state index in [1.54, 1.807) is 4.68 Å². The molecule has 0 spiro atoms. The summed E-state index contributed by atoms with van der Waals surface area (Å²) in [6.45, 7) is 6.03. The van der Waals surface area contributed by atoms with Crippen molar-refractivity contribution < 1.29 is 0 Å². The minimum atomic E-state index is -0.235. The smallest absolute Gasteiger partial charge is 0.151 e. The molecule has 1 aromatic carbocycles. The van der Waals surface area contributed by atoms with Gasteiger partial charge in [-0.15, -0.1) is 0 Å². The van der Waals surface area contributed by atoms with Crippen molar-refractivity contribution in [3.8, 4) is 11.8 Å². The third kappa shape index (κ3) is 2.54. The standard InChI is InChI=1S/C14H13BrClN3/c1-14(2,3)12-9(8-17)13(16)19(18-12)11-7-5-4-6-10(11)15/h4-7H,1-3H3. The highest BCUT2D eigenvalue weighted by Gasteiger charge is 2.27. The zero-order valence-electron chi connectivity index (χ0n) is 10.9. The molecule has 0 aliphatic carbocycles. The number of aromatic nitrogens is 2. The van der Waals surface area contributed by atoms with Gasteiger partial charge in [-0.3, -0.25) is 0 Å². The summed E-state index contributed by atoms with van der Waals surface area (Å²) in [6.07, 6.45) is 0. The molecule has 0 N–H and O–H groups in total. The van der Waals surface area contributed by atoms with Crippen LogP contribution in [0.5, 0.6) is 0 Å². The van der Waals surface area contributed by atoms with Gasteiger partial charge in [-0.1, -0.05) is 44.5 Å². The molecule has 0 atom stereocenters. The number of nitriles is 1. The van der Waals surface area contributed by atoms with Crippen molar-refractivity contribution in [2.75, 3.05) is 0 Å². The Labute approximate surface area is 125 Å². The first-order valence-electron chi connectivity index (χ1n) is 5.80. The fourth-order valence-corrected chi connectivity index (χ4v) is 2.52. The summed E-state index contributed by atoms with van der Waals surface area (Å²) in [6, 6.07) is 9.78. The number of nitrogens with zero attached hydrogens (tertiary/aromatic N) is 3. The van der Waals surface area contributed by atoms with Crippen LogP contribution in [0.1, 0.15) is 32.0 Å². The number of benzene rings is 1. The molecule has 0 aliphatic rings. The number of para-hydroxylation sites is 1. The summed E-state index contributed by atoms with van der Waals surface area (Å²) in [5.41, 5.74) is 1.72. The van der Waals surface area contributed by atoms with Gasteiger partial charge in [0, 0.05) is 9.89 Å². The Balaban J connectivity index is 2.72. The van der Waals surface area contributed by atoms with Gasteiger partial charge < -0.3 is 0 Å². The number of halogens is 2. The molecule has 19 heavy (non-hydrogen) atoms. The molecule has 5 heteroatoms. The highest BCUT2D eigenvalue weighted by molar-refractivity contribution is 9.10. The largest absolute Gasteiger partial charge is 0.219 e. The Bertz CT molecular complexity index is 662. The van der Waals surface area contributed by atoms with Crippen molar-refractivity contribution in [1.29, 1.82) is 5.26 Å². The van der Waals surface area contributed by atoms with E-state index in [1.807, 2.05) is 45.0 Å². The van der Waals surface area contributed by atoms with Gasteiger partial charge in [-0.2, -0.15) is 10.4 Å². The van der Waals surface area contributed by atoms with Crippen LogP contribution in [-0.2, 0) is 5.41 Å². The molecule has 0 saturated heterocycles. The van der Waals surface area contributed by atoms with Crippen LogP contribution >= 0.6 is 27.5 Å². The Morgan fingerprint density at radius 1 is 1.32 bits per heavy atom. The van der Waals surface area contributed by atoms with E-state index in [1.165, 1.54) is 0 Å². The maximum atomic E-state index is 9.29. The van der Waals surface area contributed by atoms with Crippen molar-refractivity contribution in [3.05, 3.63) is 45.1 Å². The molecule has 2 rings (SSSR count). The van der Waals surface area contributed by atoms with Crippen molar-refractivity contribution >= 4 is 27.5 Å². The van der Waals surface area contributed by atoms with Gasteiger partial charge in [0.25, 0.3) is 0 Å². The van der Waals surface area contributed by atoms with Gasteiger partial charge in [-0.05, 0) is 28.1 Å². The highest BCUT2D eigenvalue weighted by atomic mass is 79.9. The normalized spacial score (nSPS) is 11.4. The molecule has 98 valence electrons. The van der Waals surface area contributed by atoms with E-state index in [9.17, 15) is 5.26 Å². The second-order valence-electron chi connectivity index (χ2n) is 5.24. The molecule has 0 unspecified atom stereocenters. The van der Waals surface area contributed by atoms with E-state index in [0.717, 1.165) is 10.2 Å². The lowest BCUT2D eigenvalue weighted by molar-refractivity contribution is 0.559.